The molecule has 3 aromatic rings. The first-order valence-electron chi connectivity index (χ1n) is 8.66. The fraction of sp³-hybridized carbons (Fsp3) is 0.471. The van der Waals surface area contributed by atoms with E-state index in [0.29, 0.717) is 30.2 Å². The Balaban J connectivity index is 1.97. The number of thiophene rings is 1. The molecule has 0 aliphatic carbocycles. The van der Waals surface area contributed by atoms with E-state index in [0.717, 1.165) is 28.8 Å². The lowest BCUT2D eigenvalue weighted by atomic mass is 10.1. The summed E-state index contributed by atoms with van der Waals surface area (Å²) in [5.41, 5.74) is 6.34. The highest BCUT2D eigenvalue weighted by atomic mass is 32.1. The lowest BCUT2D eigenvalue weighted by molar-refractivity contribution is 0.495. The quantitative estimate of drug-likeness (QED) is 0.720. The molecule has 9 heteroatoms. The van der Waals surface area contributed by atoms with Crippen LogP contribution in [0.5, 0.6) is 0 Å². The van der Waals surface area contributed by atoms with Gasteiger partial charge >= 0.3 is 5.69 Å². The van der Waals surface area contributed by atoms with Crippen molar-refractivity contribution >= 4 is 28.4 Å². The minimum absolute atomic E-state index is 0.0883. The van der Waals surface area contributed by atoms with E-state index >= 15 is 0 Å². The molecule has 138 valence electrons. The number of anilines is 1. The van der Waals surface area contributed by atoms with Crippen molar-refractivity contribution in [3.05, 3.63) is 43.2 Å². The van der Waals surface area contributed by atoms with Crippen LogP contribution in [-0.2, 0) is 20.6 Å². The van der Waals surface area contributed by atoms with E-state index in [9.17, 15) is 9.59 Å². The van der Waals surface area contributed by atoms with Crippen molar-refractivity contribution in [3.63, 3.8) is 0 Å². The summed E-state index contributed by atoms with van der Waals surface area (Å²) in [6.07, 6.45) is 1.97. The first-order valence-corrected chi connectivity index (χ1v) is 9.54. The van der Waals surface area contributed by atoms with Crippen LogP contribution in [-0.4, -0.2) is 37.8 Å². The number of aromatic nitrogens is 4. The molecule has 0 aromatic carbocycles. The van der Waals surface area contributed by atoms with E-state index < -0.39 is 0 Å². The molecule has 0 spiro atoms. The smallest absolute Gasteiger partial charge is 0.332 e. The summed E-state index contributed by atoms with van der Waals surface area (Å²) in [5, 5.41) is 2.01. The maximum Gasteiger partial charge on any atom is 0.332 e. The molecular weight excluding hydrogens is 352 g/mol. The third-order valence-electron chi connectivity index (χ3n) is 4.96. The standard InChI is InChI=1S/C17H22N6O2S/c1-20-14-13(15(24)21(2)17(20)25)23(10-12-6-4-8-26-12)16(19-14)22-7-3-5-11(18)9-22/h4,6,8,11H,3,5,7,9-10,18H2,1-2H3. The van der Waals surface area contributed by atoms with Crippen molar-refractivity contribution in [1.82, 2.24) is 18.7 Å². The van der Waals surface area contributed by atoms with Gasteiger partial charge in [-0.15, -0.1) is 11.3 Å². The van der Waals surface area contributed by atoms with Gasteiger partial charge in [0.25, 0.3) is 5.56 Å². The molecule has 0 saturated carbocycles. The Bertz CT molecular complexity index is 1060. The van der Waals surface area contributed by atoms with Crippen molar-refractivity contribution in [1.29, 1.82) is 0 Å². The molecule has 1 saturated heterocycles. The molecule has 1 unspecified atom stereocenters. The third kappa shape index (κ3) is 2.67. The van der Waals surface area contributed by atoms with Crippen LogP contribution in [0.1, 0.15) is 17.7 Å². The minimum Gasteiger partial charge on any atom is -0.341 e. The van der Waals surface area contributed by atoms with Crippen LogP contribution >= 0.6 is 11.3 Å². The molecule has 26 heavy (non-hydrogen) atoms. The topological polar surface area (TPSA) is 91.1 Å². The molecule has 0 radical (unpaired) electrons. The largest absolute Gasteiger partial charge is 0.341 e. The maximum absolute atomic E-state index is 12.9. The van der Waals surface area contributed by atoms with Crippen LogP contribution in [0.25, 0.3) is 11.2 Å². The summed E-state index contributed by atoms with van der Waals surface area (Å²) < 4.78 is 4.51. The van der Waals surface area contributed by atoms with E-state index in [1.54, 1.807) is 18.4 Å². The minimum atomic E-state index is -0.370. The SMILES string of the molecule is Cn1c(=O)c2c(nc(N3CCCC(N)C3)n2Cc2cccs2)n(C)c1=O. The van der Waals surface area contributed by atoms with Gasteiger partial charge in [0, 0.05) is 38.1 Å². The zero-order chi connectivity index (χ0) is 18.4. The Morgan fingerprint density at radius 3 is 2.81 bits per heavy atom. The van der Waals surface area contributed by atoms with Gasteiger partial charge in [0.05, 0.1) is 6.54 Å². The van der Waals surface area contributed by atoms with Gasteiger partial charge in [-0.3, -0.25) is 18.5 Å². The number of piperidine rings is 1. The third-order valence-corrected chi connectivity index (χ3v) is 5.82. The number of nitrogens with zero attached hydrogens (tertiary/aromatic N) is 5. The number of imidazole rings is 1. The average molecular weight is 374 g/mol. The monoisotopic (exact) mass is 374 g/mol. The lowest BCUT2D eigenvalue weighted by Crippen LogP contribution is -2.44. The van der Waals surface area contributed by atoms with Gasteiger partial charge in [-0.1, -0.05) is 6.07 Å². The van der Waals surface area contributed by atoms with Crippen LogP contribution < -0.4 is 21.9 Å². The van der Waals surface area contributed by atoms with Crippen molar-refractivity contribution in [2.24, 2.45) is 19.8 Å². The highest BCUT2D eigenvalue weighted by Crippen LogP contribution is 2.25. The van der Waals surface area contributed by atoms with E-state index in [1.165, 1.54) is 11.6 Å². The second-order valence-corrected chi connectivity index (χ2v) is 7.84. The number of rotatable bonds is 3. The Morgan fingerprint density at radius 2 is 2.12 bits per heavy atom. The van der Waals surface area contributed by atoms with Crippen LogP contribution in [0, 0.1) is 0 Å². The van der Waals surface area contributed by atoms with E-state index in [1.807, 2.05) is 22.1 Å². The van der Waals surface area contributed by atoms with Gasteiger partial charge in [-0.05, 0) is 24.3 Å². The molecule has 1 aliphatic rings. The van der Waals surface area contributed by atoms with Gasteiger partial charge in [0.15, 0.2) is 11.2 Å². The second kappa shape index (κ2) is 6.40. The molecule has 4 heterocycles. The van der Waals surface area contributed by atoms with E-state index in [4.69, 9.17) is 10.7 Å². The number of hydrogen-bond donors (Lipinski definition) is 1. The number of fused-ring (bicyclic) bond motifs is 1. The summed E-state index contributed by atoms with van der Waals surface area (Å²) in [6.45, 7) is 2.08. The number of aryl methyl sites for hydroxylation is 1. The molecule has 1 fully saturated rings. The Hall–Kier alpha value is -2.39. The number of nitrogens with two attached hydrogens (primary N) is 1. The predicted octanol–water partition coefficient (Wildman–Crippen LogP) is 0.471. The fourth-order valence-electron chi connectivity index (χ4n) is 3.58. The van der Waals surface area contributed by atoms with Crippen molar-refractivity contribution < 1.29 is 0 Å². The Kier molecular flexibility index (Phi) is 4.20. The van der Waals surface area contributed by atoms with Gasteiger partial charge in [0.2, 0.25) is 5.95 Å². The van der Waals surface area contributed by atoms with Crippen molar-refractivity contribution in [2.45, 2.75) is 25.4 Å². The maximum atomic E-state index is 12.9. The zero-order valence-electron chi connectivity index (χ0n) is 14.9. The summed E-state index contributed by atoms with van der Waals surface area (Å²) in [4.78, 5) is 33.1. The highest BCUT2D eigenvalue weighted by molar-refractivity contribution is 7.09. The van der Waals surface area contributed by atoms with E-state index in [2.05, 4.69) is 4.90 Å². The van der Waals surface area contributed by atoms with E-state index in [-0.39, 0.29) is 17.3 Å². The lowest BCUT2D eigenvalue weighted by Gasteiger charge is -2.31. The number of hydrogen-bond acceptors (Lipinski definition) is 6. The first kappa shape index (κ1) is 17.0. The normalized spacial score (nSPS) is 18.0. The van der Waals surface area contributed by atoms with Crippen molar-refractivity contribution in [2.75, 3.05) is 18.0 Å². The van der Waals surface area contributed by atoms with Gasteiger partial charge in [-0.2, -0.15) is 4.98 Å². The predicted molar refractivity (Wildman–Crippen MR) is 103 cm³/mol. The molecule has 3 aromatic heterocycles. The first-order chi connectivity index (χ1) is 12.5. The summed E-state index contributed by atoms with van der Waals surface area (Å²) in [5.74, 6) is 0.710. The Morgan fingerprint density at radius 1 is 1.31 bits per heavy atom. The van der Waals surface area contributed by atoms with Gasteiger partial charge in [-0.25, -0.2) is 4.79 Å². The average Bonchev–Trinajstić information content (AvgIpc) is 3.26. The molecule has 0 amide bonds. The second-order valence-electron chi connectivity index (χ2n) is 6.80. The van der Waals surface area contributed by atoms with Gasteiger partial charge in [0.1, 0.15) is 0 Å². The Labute approximate surface area is 154 Å². The summed E-state index contributed by atoms with van der Waals surface area (Å²) in [6, 6.07) is 4.11. The highest BCUT2D eigenvalue weighted by Gasteiger charge is 2.26. The molecular formula is C17H22N6O2S. The summed E-state index contributed by atoms with van der Waals surface area (Å²) in [7, 11) is 3.15. The molecule has 0 bridgehead atoms. The molecule has 2 N–H and O–H groups in total. The molecule has 4 rings (SSSR count). The zero-order valence-corrected chi connectivity index (χ0v) is 15.7. The van der Waals surface area contributed by atoms with Crippen LogP contribution in [0.2, 0.25) is 0 Å². The van der Waals surface area contributed by atoms with Crippen LogP contribution in [0.3, 0.4) is 0 Å². The fourth-order valence-corrected chi connectivity index (χ4v) is 4.27. The molecule has 1 atom stereocenters. The van der Waals surface area contributed by atoms with Crippen LogP contribution in [0.15, 0.2) is 27.1 Å². The van der Waals surface area contributed by atoms with Crippen LogP contribution in [0.4, 0.5) is 5.95 Å². The summed E-state index contributed by atoms with van der Waals surface area (Å²) >= 11 is 1.63. The van der Waals surface area contributed by atoms with Gasteiger partial charge < -0.3 is 10.6 Å². The molecule has 1 aliphatic heterocycles. The van der Waals surface area contributed by atoms with Crippen molar-refractivity contribution in [3.8, 4) is 0 Å². The molecule has 8 nitrogen and oxygen atoms in total.